The number of alkyl halides is 3. The number of carbonyl (C=O) groups excluding carboxylic acids is 1. The highest BCUT2D eigenvalue weighted by Gasteiger charge is 2.69. The highest BCUT2D eigenvalue weighted by Crippen LogP contribution is 2.49. The zero-order chi connectivity index (χ0) is 20.0. The minimum Gasteiger partial charge on any atom is -0.482 e. The predicted molar refractivity (Wildman–Crippen MR) is 93.7 cm³/mol. The SMILES string of the molecule is C[C@@H]1CCC[C@@H]2C1=NN(C(=O)COc1ccc(Cl)cc1Cl)[C@@]2(O)C(F)(F)F. The van der Waals surface area contributed by atoms with Crippen LogP contribution in [-0.2, 0) is 4.79 Å². The molecule has 1 aliphatic heterocycles. The van der Waals surface area contributed by atoms with Gasteiger partial charge >= 0.3 is 6.18 Å². The first-order valence-corrected chi connectivity index (χ1v) is 9.09. The summed E-state index contributed by atoms with van der Waals surface area (Å²) in [6.07, 6.45) is -3.79. The van der Waals surface area contributed by atoms with Gasteiger partial charge in [0.1, 0.15) is 5.75 Å². The van der Waals surface area contributed by atoms with Gasteiger partial charge < -0.3 is 9.84 Å². The van der Waals surface area contributed by atoms with Crippen molar-refractivity contribution in [1.82, 2.24) is 5.01 Å². The van der Waals surface area contributed by atoms with E-state index in [-0.39, 0.29) is 33.8 Å². The van der Waals surface area contributed by atoms with Gasteiger partial charge in [-0.2, -0.15) is 23.3 Å². The smallest absolute Gasteiger partial charge is 0.439 e. The summed E-state index contributed by atoms with van der Waals surface area (Å²) in [5.41, 5.74) is -3.18. The summed E-state index contributed by atoms with van der Waals surface area (Å²) in [6, 6.07) is 4.23. The van der Waals surface area contributed by atoms with Crippen LogP contribution in [-0.4, -0.2) is 40.2 Å². The minimum absolute atomic E-state index is 0.0857. The number of hydrogen-bond acceptors (Lipinski definition) is 4. The molecule has 0 radical (unpaired) electrons. The standard InChI is InChI=1S/C17H17Cl2F3N2O3/c1-9-3-2-4-11-15(9)23-24(16(11,26)17(20,21)22)14(25)8-27-13-6-5-10(18)7-12(13)19/h5-7,9,11,26H,2-4,8H2,1H3/t9-,11-,16+/m1/s1. The first-order valence-electron chi connectivity index (χ1n) is 8.34. The topological polar surface area (TPSA) is 62.1 Å². The van der Waals surface area contributed by atoms with E-state index in [1.807, 2.05) is 0 Å². The van der Waals surface area contributed by atoms with Gasteiger partial charge in [-0.1, -0.05) is 36.5 Å². The monoisotopic (exact) mass is 424 g/mol. The normalized spacial score (nSPS) is 28.0. The number of fused-ring (bicyclic) bond motifs is 1. The highest BCUT2D eigenvalue weighted by atomic mass is 35.5. The molecule has 1 fully saturated rings. The number of benzene rings is 1. The first kappa shape index (κ1) is 20.2. The molecule has 148 valence electrons. The molecule has 1 aromatic carbocycles. The molecule has 0 unspecified atom stereocenters. The molecule has 1 aromatic rings. The van der Waals surface area contributed by atoms with E-state index < -0.39 is 30.3 Å². The van der Waals surface area contributed by atoms with E-state index in [9.17, 15) is 23.1 Å². The summed E-state index contributed by atoms with van der Waals surface area (Å²) in [5, 5.41) is 15.0. The first-order chi connectivity index (χ1) is 12.6. The van der Waals surface area contributed by atoms with Crippen molar-refractivity contribution in [2.24, 2.45) is 16.9 Å². The Balaban J connectivity index is 1.85. The lowest BCUT2D eigenvalue weighted by atomic mass is 9.75. The molecular formula is C17H17Cl2F3N2O3. The maximum Gasteiger partial charge on any atom is 0.439 e. The summed E-state index contributed by atoms with van der Waals surface area (Å²) in [6.45, 7) is 0.970. The van der Waals surface area contributed by atoms with Crippen molar-refractivity contribution in [2.75, 3.05) is 6.61 Å². The molecule has 3 atom stereocenters. The zero-order valence-electron chi connectivity index (χ0n) is 14.3. The predicted octanol–water partition coefficient (Wildman–Crippen LogP) is 4.26. The van der Waals surface area contributed by atoms with E-state index >= 15 is 0 Å². The average molecular weight is 425 g/mol. The Labute approximate surface area is 163 Å². The molecule has 0 saturated heterocycles. The van der Waals surface area contributed by atoms with Gasteiger partial charge in [0.15, 0.2) is 6.61 Å². The molecule has 27 heavy (non-hydrogen) atoms. The Morgan fingerprint density at radius 2 is 2.11 bits per heavy atom. The molecule has 2 aliphatic rings. The van der Waals surface area contributed by atoms with E-state index in [0.717, 1.165) is 0 Å². The number of halogens is 5. The largest absolute Gasteiger partial charge is 0.482 e. The third kappa shape index (κ3) is 3.50. The van der Waals surface area contributed by atoms with Crippen molar-refractivity contribution in [3.05, 3.63) is 28.2 Å². The van der Waals surface area contributed by atoms with E-state index in [2.05, 4.69) is 5.10 Å². The van der Waals surface area contributed by atoms with Crippen LogP contribution < -0.4 is 4.74 Å². The Bertz CT molecular complexity index is 787. The Hall–Kier alpha value is -1.51. The molecule has 1 aliphatic carbocycles. The van der Waals surface area contributed by atoms with Crippen LogP contribution in [0.2, 0.25) is 10.0 Å². The number of hydrogen-bond donors (Lipinski definition) is 1. The summed E-state index contributed by atoms with van der Waals surface area (Å²) in [7, 11) is 0. The molecule has 1 saturated carbocycles. The van der Waals surface area contributed by atoms with Crippen molar-refractivity contribution in [3.8, 4) is 5.75 Å². The van der Waals surface area contributed by atoms with Gasteiger partial charge in [-0.15, -0.1) is 0 Å². The van der Waals surface area contributed by atoms with E-state index in [0.29, 0.717) is 17.9 Å². The molecule has 0 aromatic heterocycles. The van der Waals surface area contributed by atoms with Crippen LogP contribution in [0.3, 0.4) is 0 Å². The van der Waals surface area contributed by atoms with Crippen molar-refractivity contribution in [2.45, 2.75) is 38.1 Å². The molecule has 5 nitrogen and oxygen atoms in total. The van der Waals surface area contributed by atoms with Crippen LogP contribution in [0.1, 0.15) is 26.2 Å². The number of aliphatic hydroxyl groups is 1. The quantitative estimate of drug-likeness (QED) is 0.788. The number of amides is 1. The van der Waals surface area contributed by atoms with Gasteiger partial charge in [0.05, 0.1) is 10.9 Å². The summed E-state index contributed by atoms with van der Waals surface area (Å²) < 4.78 is 46.4. The number of hydrazone groups is 1. The summed E-state index contributed by atoms with van der Waals surface area (Å²) >= 11 is 11.7. The zero-order valence-corrected chi connectivity index (χ0v) is 15.8. The second-order valence-corrected chi connectivity index (χ2v) is 7.55. The second kappa shape index (κ2) is 7.14. The average Bonchev–Trinajstić information content (AvgIpc) is 2.89. The fourth-order valence-electron chi connectivity index (χ4n) is 3.54. The Kier molecular flexibility index (Phi) is 5.35. The third-order valence-corrected chi connectivity index (χ3v) is 5.45. The molecule has 1 heterocycles. The van der Waals surface area contributed by atoms with Gasteiger partial charge in [-0.05, 0) is 37.0 Å². The van der Waals surface area contributed by atoms with Gasteiger partial charge in [-0.3, -0.25) is 4.79 Å². The molecule has 3 rings (SSSR count). The van der Waals surface area contributed by atoms with Gasteiger partial charge in [0, 0.05) is 10.7 Å². The van der Waals surface area contributed by atoms with Crippen LogP contribution in [0.5, 0.6) is 5.75 Å². The van der Waals surface area contributed by atoms with Crippen LogP contribution >= 0.6 is 23.2 Å². The number of carbonyl (C=O) groups is 1. The molecule has 10 heteroatoms. The van der Waals surface area contributed by atoms with Crippen molar-refractivity contribution in [1.29, 1.82) is 0 Å². The van der Waals surface area contributed by atoms with Crippen LogP contribution in [0, 0.1) is 11.8 Å². The van der Waals surface area contributed by atoms with Crippen molar-refractivity contribution in [3.63, 3.8) is 0 Å². The lowest BCUT2D eigenvalue weighted by Gasteiger charge is -2.38. The summed E-state index contributed by atoms with van der Waals surface area (Å²) in [4.78, 5) is 12.5. The molecule has 1 N–H and O–H groups in total. The fraction of sp³-hybridized carbons (Fsp3) is 0.529. The number of nitrogens with zero attached hydrogens (tertiary/aromatic N) is 2. The Morgan fingerprint density at radius 1 is 1.41 bits per heavy atom. The lowest BCUT2D eigenvalue weighted by Crippen LogP contribution is -2.62. The summed E-state index contributed by atoms with van der Waals surface area (Å²) in [5.74, 6) is -2.55. The molecule has 0 bridgehead atoms. The van der Waals surface area contributed by atoms with E-state index in [1.54, 1.807) is 6.92 Å². The van der Waals surface area contributed by atoms with E-state index in [4.69, 9.17) is 27.9 Å². The van der Waals surface area contributed by atoms with Gasteiger partial charge in [0.2, 0.25) is 0 Å². The molecule has 1 amide bonds. The maximum absolute atomic E-state index is 13.7. The van der Waals surface area contributed by atoms with Crippen LogP contribution in [0.15, 0.2) is 23.3 Å². The van der Waals surface area contributed by atoms with Gasteiger partial charge in [0.25, 0.3) is 11.6 Å². The van der Waals surface area contributed by atoms with Crippen molar-refractivity contribution >= 4 is 34.8 Å². The molecule has 0 spiro atoms. The Morgan fingerprint density at radius 3 is 2.74 bits per heavy atom. The minimum atomic E-state index is -5.06. The third-order valence-electron chi connectivity index (χ3n) is 4.91. The number of ether oxygens (including phenoxy) is 1. The van der Waals surface area contributed by atoms with Crippen LogP contribution in [0.4, 0.5) is 13.2 Å². The van der Waals surface area contributed by atoms with Gasteiger partial charge in [-0.25, -0.2) is 0 Å². The highest BCUT2D eigenvalue weighted by molar-refractivity contribution is 6.35. The maximum atomic E-state index is 13.7. The van der Waals surface area contributed by atoms with E-state index in [1.165, 1.54) is 18.2 Å². The second-order valence-electron chi connectivity index (χ2n) is 6.70. The lowest BCUT2D eigenvalue weighted by molar-refractivity contribution is -0.317. The van der Waals surface area contributed by atoms with Crippen LogP contribution in [0.25, 0.3) is 0 Å². The molecular weight excluding hydrogens is 408 g/mol. The number of rotatable bonds is 3. The fourth-order valence-corrected chi connectivity index (χ4v) is 4.00. The van der Waals surface area contributed by atoms with Crippen molar-refractivity contribution < 1.29 is 27.8 Å².